The minimum Gasteiger partial charge on any atom is -0.493 e. The van der Waals surface area contributed by atoms with Crippen LogP contribution in [0.25, 0.3) is 0 Å². The molecule has 1 aliphatic heterocycles. The molecule has 1 aromatic rings. The van der Waals surface area contributed by atoms with E-state index in [1.54, 1.807) is 0 Å². The van der Waals surface area contributed by atoms with E-state index in [-0.39, 0.29) is 0 Å². The molecule has 1 heterocycles. The maximum absolute atomic E-state index is 5.52. The number of ether oxygens (including phenoxy) is 1. The van der Waals surface area contributed by atoms with E-state index in [4.69, 9.17) is 11.2 Å². The van der Waals surface area contributed by atoms with Gasteiger partial charge in [0.05, 0.1) is 6.61 Å². The van der Waals surface area contributed by atoms with Crippen molar-refractivity contribution in [3.8, 4) is 18.1 Å². The van der Waals surface area contributed by atoms with E-state index < -0.39 is 0 Å². The molecular weight excluding hydrogens is 210 g/mol. The van der Waals surface area contributed by atoms with Crippen LogP contribution in [0.1, 0.15) is 36.9 Å². The molecule has 1 N–H and O–H groups in total. The zero-order valence-electron chi connectivity index (χ0n) is 10.3. The summed E-state index contributed by atoms with van der Waals surface area (Å²) in [5, 5.41) is 3.49. The maximum atomic E-state index is 5.52. The van der Waals surface area contributed by atoms with Crippen molar-refractivity contribution in [1.82, 2.24) is 5.32 Å². The average Bonchev–Trinajstić information content (AvgIpc) is 2.81. The Morgan fingerprint density at radius 1 is 1.53 bits per heavy atom. The van der Waals surface area contributed by atoms with Crippen molar-refractivity contribution < 1.29 is 4.74 Å². The van der Waals surface area contributed by atoms with E-state index >= 15 is 0 Å². The van der Waals surface area contributed by atoms with Crippen molar-refractivity contribution >= 4 is 0 Å². The van der Waals surface area contributed by atoms with Crippen molar-refractivity contribution in [3.63, 3.8) is 0 Å². The van der Waals surface area contributed by atoms with Gasteiger partial charge in [0, 0.05) is 18.9 Å². The molecule has 1 unspecified atom stereocenters. The number of benzene rings is 1. The number of terminal acetylenes is 1. The van der Waals surface area contributed by atoms with E-state index in [2.05, 4.69) is 36.4 Å². The number of nitrogens with one attached hydrogen (secondary N) is 1. The highest BCUT2D eigenvalue weighted by molar-refractivity contribution is 5.40. The summed E-state index contributed by atoms with van der Waals surface area (Å²) in [5.41, 5.74) is 2.65. The summed E-state index contributed by atoms with van der Waals surface area (Å²) >= 11 is 0. The summed E-state index contributed by atoms with van der Waals surface area (Å²) in [4.78, 5) is 0. The molecule has 0 saturated heterocycles. The summed E-state index contributed by atoms with van der Waals surface area (Å²) in [6.45, 7) is 3.90. The molecule has 2 nitrogen and oxygen atoms in total. The topological polar surface area (TPSA) is 21.3 Å². The Kier molecular flexibility index (Phi) is 4.06. The van der Waals surface area contributed by atoms with Gasteiger partial charge < -0.3 is 10.1 Å². The largest absolute Gasteiger partial charge is 0.493 e. The zero-order chi connectivity index (χ0) is 12.1. The minimum atomic E-state index is 0.363. The molecule has 17 heavy (non-hydrogen) atoms. The summed E-state index contributed by atoms with van der Waals surface area (Å²) in [6, 6.07) is 6.85. The second kappa shape index (κ2) is 5.75. The molecule has 0 fully saturated rings. The van der Waals surface area contributed by atoms with Crippen LogP contribution < -0.4 is 10.1 Å². The first-order valence-electron chi connectivity index (χ1n) is 6.27. The van der Waals surface area contributed by atoms with Gasteiger partial charge in [-0.25, -0.2) is 0 Å². The monoisotopic (exact) mass is 229 g/mol. The molecule has 0 saturated carbocycles. The standard InChI is InChI=1S/C15H19NO/c1-3-5-6-14(16-4-2)12-7-8-15-13(11-12)9-10-17-15/h1,7-8,11,14,16H,4-6,9-10H2,2H3. The van der Waals surface area contributed by atoms with Crippen LogP contribution in [0.4, 0.5) is 0 Å². The quantitative estimate of drug-likeness (QED) is 0.784. The van der Waals surface area contributed by atoms with Gasteiger partial charge in [0.15, 0.2) is 0 Å². The van der Waals surface area contributed by atoms with E-state index in [9.17, 15) is 0 Å². The fourth-order valence-electron chi connectivity index (χ4n) is 2.28. The second-order valence-electron chi connectivity index (χ2n) is 4.32. The molecule has 0 radical (unpaired) electrons. The predicted molar refractivity (Wildman–Crippen MR) is 70.1 cm³/mol. The van der Waals surface area contributed by atoms with Crippen molar-refractivity contribution in [2.75, 3.05) is 13.2 Å². The van der Waals surface area contributed by atoms with Crippen molar-refractivity contribution in [3.05, 3.63) is 29.3 Å². The second-order valence-corrected chi connectivity index (χ2v) is 4.32. The van der Waals surface area contributed by atoms with E-state index in [1.165, 1.54) is 11.1 Å². The van der Waals surface area contributed by atoms with Gasteiger partial charge >= 0.3 is 0 Å². The summed E-state index contributed by atoms with van der Waals surface area (Å²) in [7, 11) is 0. The SMILES string of the molecule is C#CCCC(NCC)c1ccc2c(c1)CCO2. The average molecular weight is 229 g/mol. The molecule has 2 rings (SSSR count). The highest BCUT2D eigenvalue weighted by atomic mass is 16.5. The first-order chi connectivity index (χ1) is 8.35. The van der Waals surface area contributed by atoms with Crippen molar-refractivity contribution in [1.29, 1.82) is 0 Å². The van der Waals surface area contributed by atoms with E-state index in [0.29, 0.717) is 6.04 Å². The minimum absolute atomic E-state index is 0.363. The first-order valence-corrected chi connectivity index (χ1v) is 6.27. The van der Waals surface area contributed by atoms with Gasteiger partial charge in [-0.1, -0.05) is 19.1 Å². The van der Waals surface area contributed by atoms with Crippen molar-refractivity contribution in [2.24, 2.45) is 0 Å². The third-order valence-corrected chi connectivity index (χ3v) is 3.14. The van der Waals surface area contributed by atoms with Gasteiger partial charge in [-0.2, -0.15) is 0 Å². The molecule has 0 aliphatic carbocycles. The smallest absolute Gasteiger partial charge is 0.122 e. The van der Waals surface area contributed by atoms with Crippen LogP contribution >= 0.6 is 0 Å². The maximum Gasteiger partial charge on any atom is 0.122 e. The molecule has 1 atom stereocenters. The van der Waals surface area contributed by atoms with Gasteiger partial charge in [-0.05, 0) is 30.2 Å². The fraction of sp³-hybridized carbons (Fsp3) is 0.467. The Balaban J connectivity index is 2.15. The highest BCUT2D eigenvalue weighted by Crippen LogP contribution is 2.29. The Morgan fingerprint density at radius 2 is 2.41 bits per heavy atom. The Morgan fingerprint density at radius 3 is 3.18 bits per heavy atom. The molecule has 0 spiro atoms. The Labute approximate surface area is 103 Å². The Bertz CT molecular complexity index is 419. The lowest BCUT2D eigenvalue weighted by atomic mass is 9.99. The van der Waals surface area contributed by atoms with E-state index in [0.717, 1.165) is 38.2 Å². The lowest BCUT2D eigenvalue weighted by Gasteiger charge is -2.18. The summed E-state index contributed by atoms with van der Waals surface area (Å²) in [5.74, 6) is 3.76. The van der Waals surface area contributed by atoms with Crippen LogP contribution in [-0.4, -0.2) is 13.2 Å². The molecule has 90 valence electrons. The molecule has 0 amide bonds. The summed E-state index contributed by atoms with van der Waals surface area (Å²) in [6.07, 6.45) is 8.17. The number of fused-ring (bicyclic) bond motifs is 1. The highest BCUT2D eigenvalue weighted by Gasteiger charge is 2.15. The van der Waals surface area contributed by atoms with Crippen molar-refractivity contribution in [2.45, 2.75) is 32.2 Å². The van der Waals surface area contributed by atoms with Gasteiger partial charge in [0.25, 0.3) is 0 Å². The van der Waals surface area contributed by atoms with Gasteiger partial charge in [-0.15, -0.1) is 12.3 Å². The van der Waals surface area contributed by atoms with Crippen LogP contribution in [0.3, 0.4) is 0 Å². The van der Waals surface area contributed by atoms with Gasteiger partial charge in [0.1, 0.15) is 5.75 Å². The zero-order valence-corrected chi connectivity index (χ0v) is 10.3. The van der Waals surface area contributed by atoms with Crippen LogP contribution in [-0.2, 0) is 6.42 Å². The molecule has 0 aromatic heterocycles. The molecule has 2 heteroatoms. The summed E-state index contributed by atoms with van der Waals surface area (Å²) < 4.78 is 5.52. The molecule has 1 aliphatic rings. The molecule has 0 bridgehead atoms. The lowest BCUT2D eigenvalue weighted by molar-refractivity contribution is 0.356. The fourth-order valence-corrected chi connectivity index (χ4v) is 2.28. The normalized spacial score (nSPS) is 14.8. The van der Waals surface area contributed by atoms with Crippen LogP contribution in [0, 0.1) is 12.3 Å². The number of rotatable bonds is 5. The first kappa shape index (κ1) is 12.0. The number of hydrogen-bond donors (Lipinski definition) is 1. The third-order valence-electron chi connectivity index (χ3n) is 3.14. The number of hydrogen-bond acceptors (Lipinski definition) is 2. The van der Waals surface area contributed by atoms with Crippen LogP contribution in [0.5, 0.6) is 5.75 Å². The Hall–Kier alpha value is -1.46. The third kappa shape index (κ3) is 2.81. The van der Waals surface area contributed by atoms with Gasteiger partial charge in [-0.3, -0.25) is 0 Å². The lowest BCUT2D eigenvalue weighted by Crippen LogP contribution is -2.20. The van der Waals surface area contributed by atoms with Crippen LogP contribution in [0.15, 0.2) is 18.2 Å². The predicted octanol–water partition coefficient (Wildman–Crippen LogP) is 2.69. The van der Waals surface area contributed by atoms with E-state index in [1.807, 2.05) is 0 Å². The molecular formula is C15H19NO. The van der Waals surface area contributed by atoms with Gasteiger partial charge in [0.2, 0.25) is 0 Å². The molecule has 1 aromatic carbocycles. The van der Waals surface area contributed by atoms with Crippen LogP contribution in [0.2, 0.25) is 0 Å².